The number of rotatable bonds is 8. The van der Waals surface area contributed by atoms with Gasteiger partial charge in [0, 0.05) is 30.7 Å². The van der Waals surface area contributed by atoms with E-state index in [9.17, 15) is 19.7 Å². The first-order valence-corrected chi connectivity index (χ1v) is 7.44. The third-order valence-electron chi connectivity index (χ3n) is 3.11. The molecule has 0 aliphatic rings. The highest BCUT2D eigenvalue weighted by Crippen LogP contribution is 2.12. The predicted molar refractivity (Wildman–Crippen MR) is 89.1 cm³/mol. The van der Waals surface area contributed by atoms with E-state index in [-0.39, 0.29) is 30.1 Å². The molecule has 2 amide bonds. The number of carbonyl (C=O) groups is 2. The van der Waals surface area contributed by atoms with E-state index in [2.05, 4.69) is 15.8 Å². The van der Waals surface area contributed by atoms with Crippen molar-refractivity contribution in [2.45, 2.75) is 12.8 Å². The summed E-state index contributed by atoms with van der Waals surface area (Å²) in [5.41, 5.74) is 2.39. The molecule has 1 heterocycles. The lowest BCUT2D eigenvalue weighted by atomic mass is 10.2. The average Bonchev–Trinajstić information content (AvgIpc) is 3.12. The van der Waals surface area contributed by atoms with Gasteiger partial charge in [0.15, 0.2) is 0 Å². The monoisotopic (exact) mass is 344 g/mol. The van der Waals surface area contributed by atoms with Crippen molar-refractivity contribution in [3.63, 3.8) is 0 Å². The molecule has 0 aliphatic carbocycles. The summed E-state index contributed by atoms with van der Waals surface area (Å²) in [6.45, 7) is 0.261. The number of non-ortho nitro benzene ring substituents is 1. The van der Waals surface area contributed by atoms with Crippen molar-refractivity contribution in [1.29, 1.82) is 0 Å². The van der Waals surface area contributed by atoms with E-state index >= 15 is 0 Å². The minimum absolute atomic E-state index is 0.151. The van der Waals surface area contributed by atoms with Gasteiger partial charge in [-0.25, -0.2) is 5.43 Å². The Labute approximate surface area is 142 Å². The number of nitrogens with zero attached hydrogens (tertiary/aromatic N) is 2. The zero-order chi connectivity index (χ0) is 18.1. The Morgan fingerprint density at radius 3 is 2.84 bits per heavy atom. The summed E-state index contributed by atoms with van der Waals surface area (Å²) in [6, 6.07) is 8.83. The summed E-state index contributed by atoms with van der Waals surface area (Å²) in [5.74, 6) is -0.211. The molecular formula is C16H16N4O5. The molecule has 2 rings (SSSR count). The van der Waals surface area contributed by atoms with Crippen molar-refractivity contribution in [1.82, 2.24) is 10.7 Å². The van der Waals surface area contributed by atoms with Crippen LogP contribution >= 0.6 is 0 Å². The number of amides is 2. The molecule has 1 aromatic carbocycles. The second-order valence-corrected chi connectivity index (χ2v) is 4.98. The molecule has 0 aliphatic heterocycles. The largest absolute Gasteiger partial charge is 0.463 e. The highest BCUT2D eigenvalue weighted by Gasteiger charge is 2.11. The zero-order valence-corrected chi connectivity index (χ0v) is 13.2. The smallest absolute Gasteiger partial charge is 0.270 e. The van der Waals surface area contributed by atoms with E-state index in [1.165, 1.54) is 36.7 Å². The van der Waals surface area contributed by atoms with Gasteiger partial charge < -0.3 is 9.73 Å². The number of nitro groups is 1. The fraction of sp³-hybridized carbons (Fsp3) is 0.188. The van der Waals surface area contributed by atoms with Gasteiger partial charge in [-0.15, -0.1) is 0 Å². The minimum Gasteiger partial charge on any atom is -0.463 e. The van der Waals surface area contributed by atoms with E-state index < -0.39 is 10.8 Å². The van der Waals surface area contributed by atoms with Crippen LogP contribution in [0.5, 0.6) is 0 Å². The number of hydrogen-bond acceptors (Lipinski definition) is 6. The van der Waals surface area contributed by atoms with Crippen LogP contribution in [0.4, 0.5) is 5.69 Å². The van der Waals surface area contributed by atoms with Crippen molar-refractivity contribution in [3.8, 4) is 0 Å². The van der Waals surface area contributed by atoms with Crippen molar-refractivity contribution < 1.29 is 18.9 Å². The van der Waals surface area contributed by atoms with Crippen molar-refractivity contribution in [3.05, 3.63) is 64.1 Å². The van der Waals surface area contributed by atoms with Crippen LogP contribution in [0.3, 0.4) is 0 Å². The molecule has 0 fully saturated rings. The van der Waals surface area contributed by atoms with Gasteiger partial charge in [0.1, 0.15) is 5.76 Å². The molecule has 0 radical (unpaired) electrons. The van der Waals surface area contributed by atoms with Gasteiger partial charge in [0.25, 0.3) is 11.6 Å². The van der Waals surface area contributed by atoms with Crippen LogP contribution in [-0.2, 0) is 4.79 Å². The van der Waals surface area contributed by atoms with Crippen LogP contribution < -0.4 is 10.7 Å². The summed E-state index contributed by atoms with van der Waals surface area (Å²) in [5, 5.41) is 17.0. The number of carbonyl (C=O) groups excluding carboxylic acids is 2. The number of nitro benzene ring substituents is 1. The van der Waals surface area contributed by atoms with Gasteiger partial charge in [0.05, 0.1) is 17.4 Å². The maximum Gasteiger partial charge on any atom is 0.270 e. The van der Waals surface area contributed by atoms with Crippen molar-refractivity contribution >= 4 is 23.7 Å². The first-order chi connectivity index (χ1) is 12.1. The molecular weight excluding hydrogens is 328 g/mol. The second-order valence-electron chi connectivity index (χ2n) is 4.98. The van der Waals surface area contributed by atoms with E-state index in [1.54, 1.807) is 12.1 Å². The number of benzene rings is 1. The molecule has 0 bridgehead atoms. The van der Waals surface area contributed by atoms with Crippen molar-refractivity contribution in [2.24, 2.45) is 5.10 Å². The van der Waals surface area contributed by atoms with Gasteiger partial charge in [-0.1, -0.05) is 6.07 Å². The first-order valence-electron chi connectivity index (χ1n) is 7.44. The Morgan fingerprint density at radius 2 is 2.12 bits per heavy atom. The fourth-order valence-electron chi connectivity index (χ4n) is 1.90. The molecule has 25 heavy (non-hydrogen) atoms. The predicted octanol–water partition coefficient (Wildman–Crippen LogP) is 1.85. The van der Waals surface area contributed by atoms with Gasteiger partial charge in [0.2, 0.25) is 5.91 Å². The molecule has 130 valence electrons. The molecule has 2 N–H and O–H groups in total. The quantitative estimate of drug-likeness (QED) is 0.327. The second kappa shape index (κ2) is 8.96. The summed E-state index contributed by atoms with van der Waals surface area (Å²) >= 11 is 0. The Hall–Kier alpha value is -3.49. The third-order valence-corrected chi connectivity index (χ3v) is 3.11. The molecule has 2 aromatic rings. The number of furan rings is 1. The zero-order valence-electron chi connectivity index (χ0n) is 13.2. The van der Waals surface area contributed by atoms with Crippen LogP contribution in [0.15, 0.2) is 52.2 Å². The summed E-state index contributed by atoms with van der Waals surface area (Å²) in [7, 11) is 0. The van der Waals surface area contributed by atoms with Gasteiger partial charge >= 0.3 is 0 Å². The van der Waals surface area contributed by atoms with Gasteiger partial charge in [-0.3, -0.25) is 19.7 Å². The molecule has 9 heteroatoms. The lowest BCUT2D eigenvalue weighted by molar-refractivity contribution is -0.384. The maximum absolute atomic E-state index is 11.9. The topological polar surface area (TPSA) is 127 Å². The first kappa shape index (κ1) is 17.9. The molecule has 0 atom stereocenters. The van der Waals surface area contributed by atoms with E-state index in [4.69, 9.17) is 4.42 Å². The third kappa shape index (κ3) is 5.90. The van der Waals surface area contributed by atoms with E-state index in [0.29, 0.717) is 12.2 Å². The fourth-order valence-corrected chi connectivity index (χ4v) is 1.90. The van der Waals surface area contributed by atoms with Gasteiger partial charge in [-0.05, 0) is 24.6 Å². The Morgan fingerprint density at radius 1 is 1.28 bits per heavy atom. The van der Waals surface area contributed by atoms with Crippen LogP contribution in [0.2, 0.25) is 0 Å². The van der Waals surface area contributed by atoms with Crippen LogP contribution in [0.25, 0.3) is 0 Å². The lowest BCUT2D eigenvalue weighted by Crippen LogP contribution is -2.26. The number of nitrogens with one attached hydrogen (secondary N) is 2. The highest BCUT2D eigenvalue weighted by atomic mass is 16.6. The maximum atomic E-state index is 11.9. The Kier molecular flexibility index (Phi) is 6.40. The molecule has 0 unspecified atom stereocenters. The van der Waals surface area contributed by atoms with Crippen molar-refractivity contribution in [2.75, 3.05) is 6.54 Å². The highest BCUT2D eigenvalue weighted by molar-refractivity contribution is 5.94. The number of hydrazone groups is 1. The Bertz CT molecular complexity index is 771. The lowest BCUT2D eigenvalue weighted by Gasteiger charge is -2.05. The molecule has 1 aromatic heterocycles. The standard InChI is InChI=1S/C16H16N4O5/c21-15(19-18-11-14-6-3-9-25-14)7-2-8-17-16(22)12-4-1-5-13(10-12)20(23)24/h1,3-6,9-11H,2,7-8H2,(H,17,22)(H,19,21)/b18-11+. The normalized spacial score (nSPS) is 10.6. The van der Waals surface area contributed by atoms with Crippen LogP contribution in [-0.4, -0.2) is 29.5 Å². The average molecular weight is 344 g/mol. The molecule has 0 saturated carbocycles. The summed E-state index contributed by atoms with van der Waals surface area (Å²) < 4.78 is 5.02. The van der Waals surface area contributed by atoms with Gasteiger partial charge in [-0.2, -0.15) is 5.10 Å². The number of hydrogen-bond donors (Lipinski definition) is 2. The Balaban J connectivity index is 1.68. The summed E-state index contributed by atoms with van der Waals surface area (Å²) in [4.78, 5) is 33.6. The van der Waals surface area contributed by atoms with Crippen LogP contribution in [0, 0.1) is 10.1 Å². The SMILES string of the molecule is O=C(CCCNC(=O)c1cccc([N+](=O)[O-])c1)N/N=C/c1ccco1. The van der Waals surface area contributed by atoms with E-state index in [0.717, 1.165) is 0 Å². The van der Waals surface area contributed by atoms with Crippen LogP contribution in [0.1, 0.15) is 29.0 Å². The minimum atomic E-state index is -0.565. The summed E-state index contributed by atoms with van der Waals surface area (Å²) in [6.07, 6.45) is 3.45. The molecule has 0 spiro atoms. The molecule has 0 saturated heterocycles. The van der Waals surface area contributed by atoms with E-state index in [1.807, 2.05) is 0 Å². The molecule has 9 nitrogen and oxygen atoms in total.